The van der Waals surface area contributed by atoms with E-state index < -0.39 is 17.7 Å². The summed E-state index contributed by atoms with van der Waals surface area (Å²) < 4.78 is 16.7. The first-order valence-electron chi connectivity index (χ1n) is 11.0. The molecule has 4 rings (SSSR count). The van der Waals surface area contributed by atoms with Crippen molar-refractivity contribution in [3.8, 4) is 11.5 Å². The number of benzene rings is 2. The average Bonchev–Trinajstić information content (AvgIpc) is 3.40. The van der Waals surface area contributed by atoms with E-state index in [4.69, 9.17) is 14.2 Å². The molecule has 0 spiro atoms. The summed E-state index contributed by atoms with van der Waals surface area (Å²) in [5.74, 6) is -0.561. The third kappa shape index (κ3) is 4.20. The van der Waals surface area contributed by atoms with Gasteiger partial charge < -0.3 is 24.2 Å². The van der Waals surface area contributed by atoms with Gasteiger partial charge in [-0.25, -0.2) is 0 Å². The summed E-state index contributed by atoms with van der Waals surface area (Å²) in [5, 5.41) is 11.4. The number of rotatable bonds is 6. The number of carbonyl (C=O) groups is 2. The summed E-state index contributed by atoms with van der Waals surface area (Å²) in [5.41, 5.74) is 2.83. The molecule has 2 atom stereocenters. The zero-order chi connectivity index (χ0) is 23.7. The number of amides is 1. The van der Waals surface area contributed by atoms with Crippen LogP contribution in [0.5, 0.6) is 11.5 Å². The van der Waals surface area contributed by atoms with Gasteiger partial charge in [0.2, 0.25) is 0 Å². The van der Waals surface area contributed by atoms with Gasteiger partial charge in [-0.15, -0.1) is 0 Å². The smallest absolute Gasteiger partial charge is 0.295 e. The number of hydrogen-bond donors (Lipinski definition) is 1. The van der Waals surface area contributed by atoms with Crippen LogP contribution in [0, 0.1) is 13.8 Å². The van der Waals surface area contributed by atoms with Crippen LogP contribution in [0.25, 0.3) is 5.76 Å². The lowest BCUT2D eigenvalue weighted by atomic mass is 9.93. The Bertz CT molecular complexity index is 1120. The van der Waals surface area contributed by atoms with Crippen LogP contribution in [0.1, 0.15) is 41.1 Å². The Balaban J connectivity index is 1.91. The van der Waals surface area contributed by atoms with Crippen LogP contribution in [-0.4, -0.2) is 55.2 Å². The summed E-state index contributed by atoms with van der Waals surface area (Å²) >= 11 is 0. The van der Waals surface area contributed by atoms with E-state index in [1.165, 1.54) is 12.0 Å². The summed E-state index contributed by atoms with van der Waals surface area (Å²) in [6.45, 7) is 4.68. The summed E-state index contributed by atoms with van der Waals surface area (Å²) in [4.78, 5) is 28.0. The molecular formula is C26H29NO6. The van der Waals surface area contributed by atoms with Gasteiger partial charge in [0.1, 0.15) is 17.3 Å². The Morgan fingerprint density at radius 2 is 1.94 bits per heavy atom. The predicted molar refractivity (Wildman–Crippen MR) is 123 cm³/mol. The molecule has 1 amide bonds. The summed E-state index contributed by atoms with van der Waals surface area (Å²) in [6, 6.07) is 10.1. The number of ketones is 1. The number of methoxy groups -OCH3 is 2. The van der Waals surface area contributed by atoms with Crippen molar-refractivity contribution in [1.82, 2.24) is 4.90 Å². The third-order valence-corrected chi connectivity index (χ3v) is 6.25. The van der Waals surface area contributed by atoms with E-state index in [2.05, 4.69) is 0 Å². The van der Waals surface area contributed by atoms with Crippen molar-refractivity contribution in [2.24, 2.45) is 0 Å². The second kappa shape index (κ2) is 9.27. The van der Waals surface area contributed by atoms with Crippen LogP contribution in [0.15, 0.2) is 42.0 Å². The van der Waals surface area contributed by atoms with Crippen molar-refractivity contribution in [3.05, 3.63) is 64.2 Å². The molecule has 2 aliphatic heterocycles. The minimum atomic E-state index is -0.769. The van der Waals surface area contributed by atoms with Crippen molar-refractivity contribution >= 4 is 17.4 Å². The molecule has 0 bridgehead atoms. The molecule has 33 heavy (non-hydrogen) atoms. The number of aryl methyl sites for hydroxylation is 2. The number of aliphatic hydroxyl groups excluding tert-OH is 1. The molecule has 2 saturated heterocycles. The molecule has 2 aromatic carbocycles. The quantitative estimate of drug-likeness (QED) is 0.407. The molecule has 0 aliphatic carbocycles. The monoisotopic (exact) mass is 451 g/mol. The molecule has 2 aromatic rings. The Morgan fingerprint density at radius 3 is 2.61 bits per heavy atom. The van der Waals surface area contributed by atoms with Gasteiger partial charge in [0.25, 0.3) is 11.7 Å². The molecule has 0 saturated carbocycles. The Labute approximate surface area is 193 Å². The highest BCUT2D eigenvalue weighted by molar-refractivity contribution is 6.46. The highest BCUT2D eigenvalue weighted by Crippen LogP contribution is 2.42. The van der Waals surface area contributed by atoms with Crippen LogP contribution in [-0.2, 0) is 14.3 Å². The largest absolute Gasteiger partial charge is 0.507 e. The highest BCUT2D eigenvalue weighted by atomic mass is 16.5. The van der Waals surface area contributed by atoms with Crippen molar-refractivity contribution in [2.45, 2.75) is 38.8 Å². The maximum atomic E-state index is 13.3. The number of carbonyl (C=O) groups excluding carboxylic acids is 2. The maximum absolute atomic E-state index is 13.3. The zero-order valence-corrected chi connectivity index (χ0v) is 19.4. The van der Waals surface area contributed by atoms with Gasteiger partial charge >= 0.3 is 0 Å². The van der Waals surface area contributed by atoms with E-state index in [0.717, 1.165) is 24.0 Å². The van der Waals surface area contributed by atoms with Gasteiger partial charge in [-0.2, -0.15) is 0 Å². The number of likely N-dealkylation sites (tertiary alicyclic amines) is 1. The van der Waals surface area contributed by atoms with Crippen LogP contribution in [0.3, 0.4) is 0 Å². The van der Waals surface area contributed by atoms with Crippen molar-refractivity contribution in [2.75, 3.05) is 27.4 Å². The molecule has 2 unspecified atom stereocenters. The van der Waals surface area contributed by atoms with Crippen LogP contribution >= 0.6 is 0 Å². The second-order valence-corrected chi connectivity index (χ2v) is 8.53. The van der Waals surface area contributed by atoms with Crippen LogP contribution in [0.4, 0.5) is 0 Å². The van der Waals surface area contributed by atoms with E-state index in [-0.39, 0.29) is 24.0 Å². The lowest BCUT2D eigenvalue weighted by Gasteiger charge is -2.28. The van der Waals surface area contributed by atoms with E-state index in [1.54, 1.807) is 31.4 Å². The molecule has 0 radical (unpaired) electrons. The molecule has 174 valence electrons. The van der Waals surface area contributed by atoms with Gasteiger partial charge in [-0.3, -0.25) is 9.59 Å². The fourth-order valence-corrected chi connectivity index (χ4v) is 4.78. The number of hydrogen-bond acceptors (Lipinski definition) is 6. The molecule has 2 heterocycles. The number of nitrogens with zero attached hydrogens (tertiary/aromatic N) is 1. The Hall–Kier alpha value is -3.32. The van der Waals surface area contributed by atoms with Crippen molar-refractivity contribution in [1.29, 1.82) is 0 Å². The SMILES string of the molecule is COc1cccc(C2/C(=C(\O)c3cc(C)cc(C)c3OC)C(=O)C(=O)N2CC2CCCO2)c1. The maximum Gasteiger partial charge on any atom is 0.295 e. The molecule has 2 fully saturated rings. The molecule has 2 aliphatic rings. The first kappa shape index (κ1) is 22.9. The molecule has 7 nitrogen and oxygen atoms in total. The van der Waals surface area contributed by atoms with Crippen LogP contribution in [0.2, 0.25) is 0 Å². The standard InChI is InChI=1S/C26H29NO6/c1-15-11-16(2)25(32-4)20(12-15)23(28)21-22(17-7-5-8-18(13-17)31-3)27(26(30)24(21)29)14-19-9-6-10-33-19/h5,7-8,11-13,19,22,28H,6,9-10,14H2,1-4H3/b23-21+. The van der Waals surface area contributed by atoms with E-state index in [9.17, 15) is 14.7 Å². The van der Waals surface area contributed by atoms with Crippen molar-refractivity contribution in [3.63, 3.8) is 0 Å². The minimum Gasteiger partial charge on any atom is -0.507 e. The van der Waals surface area contributed by atoms with Gasteiger partial charge in [0.05, 0.1) is 37.5 Å². The normalized spacial score (nSPS) is 22.1. The fraction of sp³-hybridized carbons (Fsp3) is 0.385. The molecule has 1 N–H and O–H groups in total. The predicted octanol–water partition coefficient (Wildman–Crippen LogP) is 3.92. The first-order chi connectivity index (χ1) is 15.8. The van der Waals surface area contributed by atoms with Gasteiger partial charge in [-0.1, -0.05) is 18.2 Å². The average molecular weight is 452 g/mol. The summed E-state index contributed by atoms with van der Waals surface area (Å²) in [6.07, 6.45) is 1.59. The molecule has 7 heteroatoms. The lowest BCUT2D eigenvalue weighted by Crippen LogP contribution is -2.36. The van der Waals surface area contributed by atoms with Crippen molar-refractivity contribution < 1.29 is 28.9 Å². The lowest BCUT2D eigenvalue weighted by molar-refractivity contribution is -0.140. The van der Waals surface area contributed by atoms with Gasteiger partial charge in [-0.05, 0) is 61.6 Å². The van der Waals surface area contributed by atoms with E-state index in [1.807, 2.05) is 26.0 Å². The second-order valence-electron chi connectivity index (χ2n) is 8.53. The van der Waals surface area contributed by atoms with Gasteiger partial charge in [0.15, 0.2) is 0 Å². The summed E-state index contributed by atoms with van der Waals surface area (Å²) in [7, 11) is 3.08. The van der Waals surface area contributed by atoms with Gasteiger partial charge in [0, 0.05) is 13.2 Å². The minimum absolute atomic E-state index is 0.0366. The highest BCUT2D eigenvalue weighted by Gasteiger charge is 2.47. The Morgan fingerprint density at radius 1 is 1.15 bits per heavy atom. The van der Waals surface area contributed by atoms with E-state index >= 15 is 0 Å². The number of Topliss-reactive ketones (excluding diaryl/α,β-unsaturated/α-hetero) is 1. The number of ether oxygens (including phenoxy) is 3. The number of aliphatic hydroxyl groups is 1. The Kier molecular flexibility index (Phi) is 6.42. The third-order valence-electron chi connectivity index (χ3n) is 6.25. The molecular weight excluding hydrogens is 422 g/mol. The topological polar surface area (TPSA) is 85.3 Å². The van der Waals surface area contributed by atoms with E-state index in [0.29, 0.717) is 29.2 Å². The zero-order valence-electron chi connectivity index (χ0n) is 19.4. The fourth-order valence-electron chi connectivity index (χ4n) is 4.78. The van der Waals surface area contributed by atoms with Crippen LogP contribution < -0.4 is 9.47 Å². The molecule has 0 aromatic heterocycles. The first-order valence-corrected chi connectivity index (χ1v) is 11.0.